The van der Waals surface area contributed by atoms with Gasteiger partial charge in [0.15, 0.2) is 0 Å². The minimum absolute atomic E-state index is 0.114. The molecule has 0 saturated carbocycles. The highest BCUT2D eigenvalue weighted by molar-refractivity contribution is 5.97. The molecule has 0 saturated heterocycles. The summed E-state index contributed by atoms with van der Waals surface area (Å²) < 4.78 is 37.6. The van der Waals surface area contributed by atoms with Crippen molar-refractivity contribution in [2.45, 2.75) is 25.6 Å². The van der Waals surface area contributed by atoms with Crippen LogP contribution in [0.5, 0.6) is 0 Å². The van der Waals surface area contributed by atoms with Gasteiger partial charge in [0.25, 0.3) is 5.91 Å². The first-order valence-corrected chi connectivity index (χ1v) is 5.33. The molecule has 0 radical (unpaired) electrons. The van der Waals surface area contributed by atoms with Crippen LogP contribution in [-0.4, -0.2) is 16.9 Å². The van der Waals surface area contributed by atoms with Gasteiger partial charge in [0, 0.05) is 12.5 Å². The smallest absolute Gasteiger partial charge is 0.366 e. The van der Waals surface area contributed by atoms with Gasteiger partial charge in [-0.15, -0.1) is 12.3 Å². The quantitative estimate of drug-likeness (QED) is 0.823. The number of nitrogens with two attached hydrogens (primary N) is 1. The van der Waals surface area contributed by atoms with E-state index in [4.69, 9.17) is 12.2 Å². The van der Waals surface area contributed by atoms with Crippen molar-refractivity contribution < 1.29 is 18.0 Å². The van der Waals surface area contributed by atoms with Crippen LogP contribution in [0.25, 0.3) is 0 Å². The summed E-state index contributed by atoms with van der Waals surface area (Å²) in [6.45, 7) is 1.66. The molecule has 0 aromatic carbocycles. The highest BCUT2D eigenvalue weighted by Gasteiger charge is 2.33. The molecule has 19 heavy (non-hydrogen) atoms. The van der Waals surface area contributed by atoms with Gasteiger partial charge in [0.2, 0.25) is 0 Å². The third-order valence-corrected chi connectivity index (χ3v) is 2.26. The van der Waals surface area contributed by atoms with Gasteiger partial charge in [-0.3, -0.25) is 4.79 Å². The predicted octanol–water partition coefficient (Wildman–Crippen LogP) is 2.02. The number of anilines is 1. The molecule has 1 rings (SSSR count). The molecule has 0 aliphatic rings. The van der Waals surface area contributed by atoms with Crippen molar-refractivity contribution in [3.05, 3.63) is 23.4 Å². The number of pyridine rings is 1. The number of hydrogen-bond acceptors (Lipinski definition) is 3. The summed E-state index contributed by atoms with van der Waals surface area (Å²) in [5, 5.41) is 2.65. The molecule has 1 aromatic heterocycles. The molecule has 0 bridgehead atoms. The summed E-state index contributed by atoms with van der Waals surface area (Å²) >= 11 is 0. The molecule has 102 valence electrons. The van der Waals surface area contributed by atoms with Crippen molar-refractivity contribution in [1.82, 2.24) is 4.98 Å². The third kappa shape index (κ3) is 3.88. The molecule has 0 aliphatic heterocycles. The van der Waals surface area contributed by atoms with E-state index >= 15 is 0 Å². The van der Waals surface area contributed by atoms with Crippen LogP contribution >= 0.6 is 0 Å². The van der Waals surface area contributed by atoms with E-state index in [1.54, 1.807) is 6.92 Å². The zero-order chi connectivity index (χ0) is 14.6. The lowest BCUT2D eigenvalue weighted by Crippen LogP contribution is -2.22. The first-order valence-electron chi connectivity index (χ1n) is 5.33. The van der Waals surface area contributed by atoms with Gasteiger partial charge in [-0.05, 0) is 19.1 Å². The van der Waals surface area contributed by atoms with E-state index in [0.29, 0.717) is 6.07 Å². The van der Waals surface area contributed by atoms with E-state index in [9.17, 15) is 18.0 Å². The van der Waals surface area contributed by atoms with Gasteiger partial charge in [-0.2, -0.15) is 13.2 Å². The topological polar surface area (TPSA) is 68.0 Å². The second-order valence-corrected chi connectivity index (χ2v) is 3.91. The molecule has 1 aromatic rings. The minimum Gasteiger partial charge on any atom is -0.366 e. The van der Waals surface area contributed by atoms with E-state index in [1.165, 1.54) is 0 Å². The molecule has 0 spiro atoms. The van der Waals surface area contributed by atoms with Crippen LogP contribution in [0.4, 0.5) is 19.0 Å². The highest BCUT2D eigenvalue weighted by atomic mass is 19.4. The second kappa shape index (κ2) is 5.61. The number of nitrogens with zero attached hydrogens (tertiary/aromatic N) is 1. The molecule has 1 heterocycles. The van der Waals surface area contributed by atoms with Crippen LogP contribution in [0.15, 0.2) is 12.1 Å². The zero-order valence-electron chi connectivity index (χ0n) is 10.1. The lowest BCUT2D eigenvalue weighted by Gasteiger charge is -2.16. The van der Waals surface area contributed by atoms with E-state index < -0.39 is 17.8 Å². The average molecular weight is 271 g/mol. The predicted molar refractivity (Wildman–Crippen MR) is 64.3 cm³/mol. The lowest BCUT2D eigenvalue weighted by molar-refractivity contribution is -0.141. The van der Waals surface area contributed by atoms with Crippen LogP contribution in [0.2, 0.25) is 0 Å². The fourth-order valence-electron chi connectivity index (χ4n) is 1.39. The van der Waals surface area contributed by atoms with Crippen LogP contribution in [-0.2, 0) is 6.18 Å². The number of amides is 1. The molecule has 0 fully saturated rings. The first kappa shape index (κ1) is 14.8. The van der Waals surface area contributed by atoms with Crippen molar-refractivity contribution >= 4 is 11.7 Å². The molecule has 1 atom stereocenters. The number of nitrogens with one attached hydrogen (secondary N) is 1. The number of carbonyl (C=O) groups excluding carboxylic acids is 1. The van der Waals surface area contributed by atoms with E-state index in [1.807, 2.05) is 0 Å². The summed E-state index contributed by atoms with van der Waals surface area (Å²) in [6.07, 6.45) is 0.777. The van der Waals surface area contributed by atoms with Gasteiger partial charge in [0.1, 0.15) is 11.5 Å². The number of primary amides is 1. The summed E-state index contributed by atoms with van der Waals surface area (Å²) in [6, 6.07) is 1.36. The van der Waals surface area contributed by atoms with E-state index in [-0.39, 0.29) is 23.8 Å². The fraction of sp³-hybridized carbons (Fsp3) is 0.333. The number of rotatable bonds is 4. The molecule has 4 nitrogen and oxygen atoms in total. The molecule has 3 N–H and O–H groups in total. The van der Waals surface area contributed by atoms with Crippen molar-refractivity contribution in [2.24, 2.45) is 5.73 Å². The molecule has 7 heteroatoms. The third-order valence-electron chi connectivity index (χ3n) is 2.26. The number of halogens is 3. The summed E-state index contributed by atoms with van der Waals surface area (Å²) in [5.41, 5.74) is 3.87. The first-order chi connectivity index (χ1) is 8.75. The van der Waals surface area contributed by atoms with Gasteiger partial charge in [-0.25, -0.2) is 4.98 Å². The van der Waals surface area contributed by atoms with Crippen molar-refractivity contribution in [1.29, 1.82) is 0 Å². The van der Waals surface area contributed by atoms with Gasteiger partial charge in [0.05, 0.1) is 5.56 Å². The van der Waals surface area contributed by atoms with Crippen LogP contribution in [0.1, 0.15) is 29.4 Å². The maximum absolute atomic E-state index is 12.5. The monoisotopic (exact) mass is 271 g/mol. The molecule has 1 unspecified atom stereocenters. The Balaban J connectivity index is 3.17. The Morgan fingerprint density at radius 3 is 2.68 bits per heavy atom. The number of carbonyl (C=O) groups is 1. The Labute approximate surface area is 108 Å². The van der Waals surface area contributed by atoms with Gasteiger partial charge in [-0.1, -0.05) is 0 Å². The Morgan fingerprint density at radius 1 is 1.58 bits per heavy atom. The van der Waals surface area contributed by atoms with E-state index in [2.05, 4.69) is 16.2 Å². The lowest BCUT2D eigenvalue weighted by atomic mass is 10.2. The largest absolute Gasteiger partial charge is 0.433 e. The fourth-order valence-corrected chi connectivity index (χ4v) is 1.39. The highest BCUT2D eigenvalue weighted by Crippen LogP contribution is 2.29. The Bertz CT molecular complexity index is 520. The summed E-state index contributed by atoms with van der Waals surface area (Å²) in [7, 11) is 0. The molecule has 0 aliphatic carbocycles. The minimum atomic E-state index is -4.60. The molecule has 1 amide bonds. The summed E-state index contributed by atoms with van der Waals surface area (Å²) in [4.78, 5) is 14.5. The van der Waals surface area contributed by atoms with Gasteiger partial charge >= 0.3 is 6.18 Å². The Hall–Kier alpha value is -2.23. The molecular formula is C12H12F3N3O. The zero-order valence-corrected chi connectivity index (χ0v) is 10.1. The number of aromatic nitrogens is 1. The van der Waals surface area contributed by atoms with Crippen molar-refractivity contribution in [2.75, 3.05) is 5.32 Å². The van der Waals surface area contributed by atoms with Crippen molar-refractivity contribution in [3.8, 4) is 12.3 Å². The normalized spacial score (nSPS) is 12.6. The van der Waals surface area contributed by atoms with Crippen LogP contribution < -0.4 is 11.1 Å². The van der Waals surface area contributed by atoms with Crippen LogP contribution in [0.3, 0.4) is 0 Å². The van der Waals surface area contributed by atoms with Gasteiger partial charge < -0.3 is 11.1 Å². The maximum Gasteiger partial charge on any atom is 0.433 e. The average Bonchev–Trinajstić information content (AvgIpc) is 2.27. The maximum atomic E-state index is 12.5. The standard InChI is InChI=1S/C12H12F3N3O/c1-3-4-7(2)17-11-8(10(16)19)5-6-9(18-11)12(13,14)15/h1,5-7H,4H2,2H3,(H2,16,19)(H,17,18). The number of alkyl halides is 3. The van der Waals surface area contributed by atoms with Crippen molar-refractivity contribution in [3.63, 3.8) is 0 Å². The Morgan fingerprint density at radius 2 is 2.21 bits per heavy atom. The number of hydrogen-bond donors (Lipinski definition) is 2. The second-order valence-electron chi connectivity index (χ2n) is 3.91. The van der Waals surface area contributed by atoms with Crippen LogP contribution in [0, 0.1) is 12.3 Å². The summed E-state index contributed by atoms with van der Waals surface area (Å²) in [5.74, 6) is 1.27. The van der Waals surface area contributed by atoms with E-state index in [0.717, 1.165) is 6.07 Å². The SMILES string of the molecule is C#CCC(C)Nc1nc(C(F)(F)F)ccc1C(N)=O. The Kier molecular flexibility index (Phi) is 4.38. The number of terminal acetylenes is 1. The molecular weight excluding hydrogens is 259 g/mol.